The highest BCUT2D eigenvalue weighted by molar-refractivity contribution is 4.99. The lowest BCUT2D eigenvalue weighted by Crippen LogP contribution is -2.52. The summed E-state index contributed by atoms with van der Waals surface area (Å²) in [7, 11) is 1.80. The first-order chi connectivity index (χ1) is 10.2. The number of nitrogens with one attached hydrogen (secondary N) is 1. The Morgan fingerprint density at radius 2 is 2.24 bits per heavy atom. The predicted octanol–water partition coefficient (Wildman–Crippen LogP) is 1.88. The summed E-state index contributed by atoms with van der Waals surface area (Å²) >= 11 is 0. The second-order valence-electron chi connectivity index (χ2n) is 7.03. The molecule has 0 bridgehead atoms. The molecule has 1 saturated carbocycles. The van der Waals surface area contributed by atoms with Crippen LogP contribution in [0.25, 0.3) is 0 Å². The van der Waals surface area contributed by atoms with Gasteiger partial charge in [-0.1, -0.05) is 13.3 Å². The number of likely N-dealkylation sites (tertiary alicyclic amines) is 1. The topological polar surface area (TPSA) is 44.7 Å². The summed E-state index contributed by atoms with van der Waals surface area (Å²) in [5.74, 6) is 1.36. The molecule has 1 saturated heterocycles. The Morgan fingerprint density at radius 1 is 1.38 bits per heavy atom. The molecule has 4 heteroatoms. The van der Waals surface area contributed by atoms with Gasteiger partial charge in [0.05, 0.1) is 13.2 Å². The molecule has 0 aromatic carbocycles. The van der Waals surface area contributed by atoms with Crippen LogP contribution >= 0.6 is 0 Å². The number of aliphatic hydroxyl groups is 1. The van der Waals surface area contributed by atoms with Crippen LogP contribution in [0, 0.1) is 11.8 Å². The lowest BCUT2D eigenvalue weighted by molar-refractivity contribution is 0.111. The largest absolute Gasteiger partial charge is 0.394 e. The number of nitrogens with zero attached hydrogens (tertiary/aromatic N) is 1. The number of hydrogen-bond donors (Lipinski definition) is 2. The number of rotatable bonds is 9. The van der Waals surface area contributed by atoms with Gasteiger partial charge in [0.15, 0.2) is 0 Å². The molecular formula is C17H34N2O2. The van der Waals surface area contributed by atoms with E-state index in [0.717, 1.165) is 31.9 Å². The van der Waals surface area contributed by atoms with E-state index < -0.39 is 0 Å². The molecule has 2 rings (SSSR count). The summed E-state index contributed by atoms with van der Waals surface area (Å²) in [6.07, 6.45) is 7.30. The Labute approximate surface area is 130 Å². The first kappa shape index (κ1) is 17.2. The number of hydrogen-bond acceptors (Lipinski definition) is 4. The van der Waals surface area contributed by atoms with Gasteiger partial charge in [-0.3, -0.25) is 0 Å². The Morgan fingerprint density at radius 3 is 2.95 bits per heavy atom. The highest BCUT2D eigenvalue weighted by Crippen LogP contribution is 2.38. The third-order valence-electron chi connectivity index (χ3n) is 5.53. The SMILES string of the molecule is CCCNC1(CO)CCCC1CCN1CCC(COC)C1. The molecule has 3 atom stereocenters. The van der Waals surface area contributed by atoms with Gasteiger partial charge in [0, 0.05) is 19.2 Å². The second-order valence-corrected chi connectivity index (χ2v) is 7.03. The van der Waals surface area contributed by atoms with Crippen LogP contribution in [0.3, 0.4) is 0 Å². The third-order valence-corrected chi connectivity index (χ3v) is 5.53. The van der Waals surface area contributed by atoms with Crippen molar-refractivity contribution in [2.75, 3.05) is 46.5 Å². The summed E-state index contributed by atoms with van der Waals surface area (Å²) in [5.41, 5.74) is 0.00165. The van der Waals surface area contributed by atoms with E-state index >= 15 is 0 Å². The van der Waals surface area contributed by atoms with Gasteiger partial charge in [-0.2, -0.15) is 0 Å². The maximum absolute atomic E-state index is 9.92. The van der Waals surface area contributed by atoms with E-state index in [-0.39, 0.29) is 5.54 Å². The zero-order valence-electron chi connectivity index (χ0n) is 13.9. The van der Waals surface area contributed by atoms with Crippen molar-refractivity contribution in [1.29, 1.82) is 0 Å². The van der Waals surface area contributed by atoms with Crippen LogP contribution in [0.15, 0.2) is 0 Å². The van der Waals surface area contributed by atoms with Crippen molar-refractivity contribution in [3.63, 3.8) is 0 Å². The van der Waals surface area contributed by atoms with Crippen molar-refractivity contribution in [2.24, 2.45) is 11.8 Å². The quantitative estimate of drug-likeness (QED) is 0.682. The van der Waals surface area contributed by atoms with E-state index in [2.05, 4.69) is 17.1 Å². The van der Waals surface area contributed by atoms with Gasteiger partial charge in [-0.05, 0) is 63.6 Å². The Balaban J connectivity index is 1.78. The van der Waals surface area contributed by atoms with Crippen LogP contribution in [0.1, 0.15) is 45.4 Å². The molecule has 1 heterocycles. The molecule has 0 radical (unpaired) electrons. The van der Waals surface area contributed by atoms with Crippen molar-refractivity contribution in [3.8, 4) is 0 Å². The minimum absolute atomic E-state index is 0.00165. The summed E-state index contributed by atoms with van der Waals surface area (Å²) < 4.78 is 5.28. The molecule has 3 unspecified atom stereocenters. The maximum atomic E-state index is 9.92. The fraction of sp³-hybridized carbons (Fsp3) is 1.00. The summed E-state index contributed by atoms with van der Waals surface area (Å²) in [6.45, 7) is 8.01. The van der Waals surface area contributed by atoms with Gasteiger partial charge in [0.1, 0.15) is 0 Å². The Hall–Kier alpha value is -0.160. The normalized spacial score (nSPS) is 33.9. The Bertz CT molecular complexity index is 301. The average molecular weight is 298 g/mol. The summed E-state index contributed by atoms with van der Waals surface area (Å²) in [4.78, 5) is 2.59. The molecule has 0 amide bonds. The van der Waals surface area contributed by atoms with Gasteiger partial charge < -0.3 is 20.1 Å². The molecule has 2 fully saturated rings. The summed E-state index contributed by atoms with van der Waals surface area (Å²) in [6, 6.07) is 0. The molecule has 0 aromatic rings. The van der Waals surface area contributed by atoms with Crippen molar-refractivity contribution in [1.82, 2.24) is 10.2 Å². The maximum Gasteiger partial charge on any atom is 0.0616 e. The fourth-order valence-corrected chi connectivity index (χ4v) is 4.26. The van der Waals surface area contributed by atoms with Gasteiger partial charge in [0.2, 0.25) is 0 Å². The summed E-state index contributed by atoms with van der Waals surface area (Å²) in [5, 5.41) is 13.6. The van der Waals surface area contributed by atoms with E-state index in [0.29, 0.717) is 12.5 Å². The molecule has 1 aliphatic carbocycles. The monoisotopic (exact) mass is 298 g/mol. The van der Waals surface area contributed by atoms with Crippen LogP contribution in [0.4, 0.5) is 0 Å². The molecule has 124 valence electrons. The molecule has 0 aromatic heterocycles. The molecule has 0 spiro atoms. The highest BCUT2D eigenvalue weighted by atomic mass is 16.5. The molecule has 1 aliphatic heterocycles. The molecule has 21 heavy (non-hydrogen) atoms. The third kappa shape index (κ3) is 4.41. The van der Waals surface area contributed by atoms with Crippen LogP contribution in [0.5, 0.6) is 0 Å². The van der Waals surface area contributed by atoms with Crippen LogP contribution in [-0.2, 0) is 4.74 Å². The van der Waals surface area contributed by atoms with Crippen molar-refractivity contribution >= 4 is 0 Å². The van der Waals surface area contributed by atoms with Gasteiger partial charge in [-0.25, -0.2) is 0 Å². The molecular weight excluding hydrogens is 264 g/mol. The van der Waals surface area contributed by atoms with E-state index in [4.69, 9.17) is 4.74 Å². The molecule has 2 aliphatic rings. The van der Waals surface area contributed by atoms with Gasteiger partial charge >= 0.3 is 0 Å². The lowest BCUT2D eigenvalue weighted by atomic mass is 9.85. The minimum Gasteiger partial charge on any atom is -0.394 e. The number of ether oxygens (including phenoxy) is 1. The lowest BCUT2D eigenvalue weighted by Gasteiger charge is -2.36. The smallest absolute Gasteiger partial charge is 0.0616 e. The van der Waals surface area contributed by atoms with Gasteiger partial charge in [0.25, 0.3) is 0 Å². The van der Waals surface area contributed by atoms with Gasteiger partial charge in [-0.15, -0.1) is 0 Å². The first-order valence-corrected chi connectivity index (χ1v) is 8.81. The zero-order valence-corrected chi connectivity index (χ0v) is 13.9. The van der Waals surface area contributed by atoms with E-state index in [9.17, 15) is 5.11 Å². The molecule has 2 N–H and O–H groups in total. The first-order valence-electron chi connectivity index (χ1n) is 8.81. The zero-order chi connectivity index (χ0) is 15.1. The second kappa shape index (κ2) is 8.47. The highest BCUT2D eigenvalue weighted by Gasteiger charge is 2.41. The number of aliphatic hydroxyl groups excluding tert-OH is 1. The minimum atomic E-state index is 0.00165. The number of methoxy groups -OCH3 is 1. The Kier molecular flexibility index (Phi) is 6.93. The van der Waals surface area contributed by atoms with Crippen LogP contribution in [-0.4, -0.2) is 62.0 Å². The van der Waals surface area contributed by atoms with E-state index in [1.807, 2.05) is 0 Å². The van der Waals surface area contributed by atoms with Crippen molar-refractivity contribution in [3.05, 3.63) is 0 Å². The van der Waals surface area contributed by atoms with Crippen molar-refractivity contribution < 1.29 is 9.84 Å². The van der Waals surface area contributed by atoms with E-state index in [1.165, 1.54) is 45.3 Å². The fourth-order valence-electron chi connectivity index (χ4n) is 4.26. The molecule has 4 nitrogen and oxygen atoms in total. The van der Waals surface area contributed by atoms with Crippen LogP contribution < -0.4 is 5.32 Å². The predicted molar refractivity (Wildman–Crippen MR) is 86.5 cm³/mol. The van der Waals surface area contributed by atoms with Crippen molar-refractivity contribution in [2.45, 2.75) is 51.0 Å². The standard InChI is InChI=1S/C17H34N2O2/c1-3-9-18-17(14-20)8-4-5-16(17)7-11-19-10-6-15(12-19)13-21-2/h15-16,18,20H,3-14H2,1-2H3. The average Bonchev–Trinajstić information content (AvgIpc) is 3.10. The van der Waals surface area contributed by atoms with Crippen LogP contribution in [0.2, 0.25) is 0 Å². The van der Waals surface area contributed by atoms with E-state index in [1.54, 1.807) is 7.11 Å².